The zero-order valence-corrected chi connectivity index (χ0v) is 12.9. The van der Waals surface area contributed by atoms with Crippen LogP contribution in [-0.2, 0) is 0 Å². The number of hydrogen-bond donors (Lipinski definition) is 1. The zero-order chi connectivity index (χ0) is 13.1. The van der Waals surface area contributed by atoms with E-state index in [0.717, 1.165) is 22.8 Å². The van der Waals surface area contributed by atoms with Gasteiger partial charge in [-0.25, -0.2) is 9.97 Å². The van der Waals surface area contributed by atoms with E-state index in [9.17, 15) is 0 Å². The fourth-order valence-corrected chi connectivity index (χ4v) is 2.66. The van der Waals surface area contributed by atoms with Crippen molar-refractivity contribution in [3.05, 3.63) is 16.5 Å². The Hall–Kier alpha value is -0.680. The average Bonchev–Trinajstić information content (AvgIpc) is 2.28. The van der Waals surface area contributed by atoms with Crippen LogP contribution in [0.25, 0.3) is 0 Å². The highest BCUT2D eigenvalue weighted by atomic mass is 79.9. The molecule has 100 valence electrons. The van der Waals surface area contributed by atoms with Gasteiger partial charge in [-0.1, -0.05) is 13.8 Å². The highest BCUT2D eigenvalue weighted by molar-refractivity contribution is 9.10. The topological polar surface area (TPSA) is 41.1 Å². The lowest BCUT2D eigenvalue weighted by molar-refractivity contribution is 0.260. The summed E-state index contributed by atoms with van der Waals surface area (Å²) in [6.07, 6.45) is 2.46. The molecule has 1 aliphatic heterocycles. The predicted molar refractivity (Wildman–Crippen MR) is 78.0 cm³/mol. The van der Waals surface area contributed by atoms with Crippen molar-refractivity contribution in [2.75, 3.05) is 25.5 Å². The Morgan fingerprint density at radius 3 is 2.89 bits per heavy atom. The maximum absolute atomic E-state index is 4.58. The number of aromatic nitrogens is 2. The third-order valence-corrected chi connectivity index (χ3v) is 3.61. The molecule has 0 radical (unpaired) electrons. The van der Waals surface area contributed by atoms with E-state index < -0.39 is 0 Å². The van der Waals surface area contributed by atoms with Gasteiger partial charge in [-0.3, -0.25) is 0 Å². The number of hydrogen-bond acceptors (Lipinski definition) is 4. The third kappa shape index (κ3) is 3.65. The van der Waals surface area contributed by atoms with Gasteiger partial charge in [0.15, 0.2) is 0 Å². The molecule has 2 rings (SSSR count). The van der Waals surface area contributed by atoms with Gasteiger partial charge >= 0.3 is 0 Å². The molecule has 1 aromatic rings. The van der Waals surface area contributed by atoms with Crippen molar-refractivity contribution in [2.24, 2.45) is 0 Å². The van der Waals surface area contributed by atoms with Gasteiger partial charge in [0.2, 0.25) is 0 Å². The van der Waals surface area contributed by atoms with E-state index in [2.05, 4.69) is 57.0 Å². The van der Waals surface area contributed by atoms with Gasteiger partial charge < -0.3 is 10.2 Å². The molecule has 5 heteroatoms. The largest absolute Gasteiger partial charge is 0.366 e. The number of halogens is 1. The van der Waals surface area contributed by atoms with Gasteiger partial charge in [0, 0.05) is 24.6 Å². The second-order valence-corrected chi connectivity index (χ2v) is 6.15. The zero-order valence-electron chi connectivity index (χ0n) is 11.3. The highest BCUT2D eigenvalue weighted by Gasteiger charge is 2.18. The number of anilines is 1. The molecular formula is C13H21BrN4. The first-order valence-corrected chi connectivity index (χ1v) is 7.33. The van der Waals surface area contributed by atoms with E-state index in [1.165, 1.54) is 19.4 Å². The van der Waals surface area contributed by atoms with Crippen LogP contribution >= 0.6 is 15.9 Å². The summed E-state index contributed by atoms with van der Waals surface area (Å²) in [4.78, 5) is 11.3. The van der Waals surface area contributed by atoms with Crippen LogP contribution < -0.4 is 5.32 Å². The molecule has 18 heavy (non-hydrogen) atoms. The number of likely N-dealkylation sites (N-methyl/N-ethyl adjacent to an activating group) is 1. The highest BCUT2D eigenvalue weighted by Crippen LogP contribution is 2.19. The van der Waals surface area contributed by atoms with Crippen LogP contribution in [0.3, 0.4) is 0 Å². The molecule has 1 N–H and O–H groups in total. The minimum atomic E-state index is 0.345. The molecular weight excluding hydrogens is 292 g/mol. The lowest BCUT2D eigenvalue weighted by atomic mass is 10.1. The van der Waals surface area contributed by atoms with Crippen LogP contribution in [0.5, 0.6) is 0 Å². The summed E-state index contributed by atoms with van der Waals surface area (Å²) in [6, 6.07) is 2.45. The van der Waals surface area contributed by atoms with E-state index in [0.29, 0.717) is 12.0 Å². The van der Waals surface area contributed by atoms with Crippen molar-refractivity contribution in [3.63, 3.8) is 0 Å². The summed E-state index contributed by atoms with van der Waals surface area (Å²) in [5.74, 6) is 2.16. The van der Waals surface area contributed by atoms with E-state index >= 15 is 0 Å². The van der Waals surface area contributed by atoms with E-state index in [1.54, 1.807) is 0 Å². The normalized spacial score (nSPS) is 21.3. The minimum absolute atomic E-state index is 0.345. The summed E-state index contributed by atoms with van der Waals surface area (Å²) in [6.45, 7) is 6.50. The van der Waals surface area contributed by atoms with Crippen LogP contribution in [0.4, 0.5) is 5.82 Å². The Morgan fingerprint density at radius 2 is 2.22 bits per heavy atom. The van der Waals surface area contributed by atoms with Crippen LogP contribution in [0, 0.1) is 0 Å². The second-order valence-electron chi connectivity index (χ2n) is 5.33. The summed E-state index contributed by atoms with van der Waals surface area (Å²) >= 11 is 3.46. The molecule has 1 aliphatic rings. The molecule has 1 fully saturated rings. The fourth-order valence-electron chi connectivity index (χ4n) is 2.26. The smallest absolute Gasteiger partial charge is 0.134 e. The third-order valence-electron chi connectivity index (χ3n) is 3.21. The first-order chi connectivity index (χ1) is 8.54. The van der Waals surface area contributed by atoms with E-state index in [-0.39, 0.29) is 0 Å². The molecule has 0 amide bonds. The van der Waals surface area contributed by atoms with Gasteiger partial charge in [0.25, 0.3) is 0 Å². The Balaban J connectivity index is 2.08. The molecule has 0 saturated carbocycles. The fraction of sp³-hybridized carbons (Fsp3) is 0.692. The van der Waals surface area contributed by atoms with Crippen LogP contribution in [-0.4, -0.2) is 41.0 Å². The molecule has 1 saturated heterocycles. The maximum Gasteiger partial charge on any atom is 0.134 e. The van der Waals surface area contributed by atoms with Crippen LogP contribution in [0.15, 0.2) is 10.7 Å². The van der Waals surface area contributed by atoms with Crippen molar-refractivity contribution in [1.29, 1.82) is 0 Å². The average molecular weight is 313 g/mol. The Bertz CT molecular complexity index is 408. The molecule has 0 aliphatic carbocycles. The Morgan fingerprint density at radius 1 is 1.44 bits per heavy atom. The molecule has 1 unspecified atom stereocenters. The molecule has 4 nitrogen and oxygen atoms in total. The Kier molecular flexibility index (Phi) is 4.56. The molecule has 0 spiro atoms. The van der Waals surface area contributed by atoms with Crippen LogP contribution in [0.1, 0.15) is 38.4 Å². The van der Waals surface area contributed by atoms with Gasteiger partial charge in [0.05, 0.1) is 0 Å². The standard InChI is InChI=1S/C13H21BrN4/c1-9(2)13-16-11(14)7-12(17-13)15-10-5-4-6-18(3)8-10/h7,9-10H,4-6,8H2,1-3H3,(H,15,16,17). The monoisotopic (exact) mass is 312 g/mol. The van der Waals surface area contributed by atoms with Crippen molar-refractivity contribution in [2.45, 2.75) is 38.6 Å². The SMILES string of the molecule is CC(C)c1nc(Br)cc(NC2CCCN(C)C2)n1. The van der Waals surface area contributed by atoms with E-state index in [1.807, 2.05) is 6.07 Å². The van der Waals surface area contributed by atoms with Crippen LogP contribution in [0.2, 0.25) is 0 Å². The van der Waals surface area contributed by atoms with Crippen molar-refractivity contribution < 1.29 is 0 Å². The van der Waals surface area contributed by atoms with Crippen molar-refractivity contribution in [1.82, 2.24) is 14.9 Å². The van der Waals surface area contributed by atoms with E-state index in [4.69, 9.17) is 0 Å². The van der Waals surface area contributed by atoms with Gasteiger partial charge in [0.1, 0.15) is 16.2 Å². The number of likely N-dealkylation sites (tertiary alicyclic amines) is 1. The summed E-state index contributed by atoms with van der Waals surface area (Å²) < 4.78 is 0.855. The second kappa shape index (κ2) is 5.97. The summed E-state index contributed by atoms with van der Waals surface area (Å²) in [5.41, 5.74) is 0. The minimum Gasteiger partial charge on any atom is -0.366 e. The van der Waals surface area contributed by atoms with Gasteiger partial charge in [-0.15, -0.1) is 0 Å². The van der Waals surface area contributed by atoms with Gasteiger partial charge in [-0.05, 0) is 42.4 Å². The summed E-state index contributed by atoms with van der Waals surface area (Å²) in [7, 11) is 2.17. The maximum atomic E-state index is 4.58. The number of rotatable bonds is 3. The first kappa shape index (κ1) is 13.7. The predicted octanol–water partition coefficient (Wildman–Crippen LogP) is 2.87. The molecule has 1 aromatic heterocycles. The number of nitrogens with one attached hydrogen (secondary N) is 1. The van der Waals surface area contributed by atoms with Gasteiger partial charge in [-0.2, -0.15) is 0 Å². The molecule has 0 aromatic carbocycles. The molecule has 1 atom stereocenters. The quantitative estimate of drug-likeness (QED) is 0.871. The number of piperidine rings is 1. The van der Waals surface area contributed by atoms with Crippen molar-refractivity contribution in [3.8, 4) is 0 Å². The van der Waals surface area contributed by atoms with Crippen molar-refractivity contribution >= 4 is 21.7 Å². The summed E-state index contributed by atoms with van der Waals surface area (Å²) in [5, 5.41) is 3.52. The Labute approximate surface area is 117 Å². The molecule has 2 heterocycles. The molecule has 0 bridgehead atoms. The lowest BCUT2D eigenvalue weighted by Crippen LogP contribution is -2.39. The lowest BCUT2D eigenvalue weighted by Gasteiger charge is -2.30. The number of nitrogens with zero attached hydrogens (tertiary/aromatic N) is 3. The first-order valence-electron chi connectivity index (χ1n) is 6.54.